The zero-order valence-corrected chi connectivity index (χ0v) is 22.3. The number of aromatic carboxylic acids is 2. The molecule has 0 aromatic heterocycles. The Bertz CT molecular complexity index is 1170. The maximum Gasteiger partial charge on any atom is 0.339 e. The standard InChI is InChI=1S/C28H32N2O10/c1-17(31)29-19-11-13-21(27(35)36)23(15-19)39-25(33)9-7-5-3-4-6-8-10-26(34)40-24-16-20(30-18(2)32)12-14-22(24)28(37)38/h11-16H,3-10H2,1-2H3,(H,29,31)(H,30,32)(H,35,36)(H,37,38). The molecule has 214 valence electrons. The minimum absolute atomic E-state index is 0.0825. The van der Waals surface area contributed by atoms with Gasteiger partial charge in [-0.05, 0) is 37.1 Å². The molecule has 2 amide bonds. The van der Waals surface area contributed by atoms with Crippen molar-refractivity contribution in [2.45, 2.75) is 65.2 Å². The number of benzene rings is 2. The average molecular weight is 557 g/mol. The molecule has 2 aromatic rings. The first-order chi connectivity index (χ1) is 19.0. The van der Waals surface area contributed by atoms with Gasteiger partial charge in [-0.15, -0.1) is 0 Å². The predicted molar refractivity (Wildman–Crippen MR) is 144 cm³/mol. The molecular formula is C28H32N2O10. The summed E-state index contributed by atoms with van der Waals surface area (Å²) in [5.41, 5.74) is 0.233. The van der Waals surface area contributed by atoms with Gasteiger partial charge in [-0.3, -0.25) is 19.2 Å². The second kappa shape index (κ2) is 15.6. The second-order valence-corrected chi connectivity index (χ2v) is 8.96. The van der Waals surface area contributed by atoms with Crippen molar-refractivity contribution in [3.05, 3.63) is 47.5 Å². The van der Waals surface area contributed by atoms with E-state index in [-0.39, 0.29) is 47.3 Å². The van der Waals surface area contributed by atoms with Gasteiger partial charge in [0.1, 0.15) is 22.6 Å². The molecule has 0 fully saturated rings. The van der Waals surface area contributed by atoms with E-state index in [1.807, 2.05) is 0 Å². The van der Waals surface area contributed by atoms with Gasteiger partial charge in [0.15, 0.2) is 0 Å². The van der Waals surface area contributed by atoms with Crippen molar-refractivity contribution >= 4 is 47.1 Å². The van der Waals surface area contributed by atoms with Crippen LogP contribution in [0.4, 0.5) is 11.4 Å². The summed E-state index contributed by atoms with van der Waals surface area (Å²) in [6.45, 7) is 2.60. The number of rotatable bonds is 15. The van der Waals surface area contributed by atoms with Crippen LogP contribution in [-0.2, 0) is 19.2 Å². The molecule has 0 spiro atoms. The van der Waals surface area contributed by atoms with Gasteiger partial charge in [0.25, 0.3) is 0 Å². The third kappa shape index (κ3) is 10.9. The third-order valence-corrected chi connectivity index (χ3v) is 5.52. The van der Waals surface area contributed by atoms with Crippen LogP contribution < -0.4 is 20.1 Å². The molecule has 0 aliphatic rings. The van der Waals surface area contributed by atoms with Crippen molar-refractivity contribution in [1.82, 2.24) is 0 Å². The second-order valence-electron chi connectivity index (χ2n) is 8.96. The van der Waals surface area contributed by atoms with Crippen molar-refractivity contribution in [2.24, 2.45) is 0 Å². The monoisotopic (exact) mass is 556 g/mol. The minimum atomic E-state index is -1.26. The summed E-state index contributed by atoms with van der Waals surface area (Å²) in [6.07, 6.45) is 4.24. The van der Waals surface area contributed by atoms with E-state index in [1.54, 1.807) is 0 Å². The maximum atomic E-state index is 12.2. The molecular weight excluding hydrogens is 524 g/mol. The zero-order chi connectivity index (χ0) is 29.7. The summed E-state index contributed by atoms with van der Waals surface area (Å²) >= 11 is 0. The molecule has 0 aliphatic heterocycles. The first-order valence-corrected chi connectivity index (χ1v) is 12.7. The van der Waals surface area contributed by atoms with E-state index >= 15 is 0 Å². The van der Waals surface area contributed by atoms with E-state index in [4.69, 9.17) is 9.47 Å². The van der Waals surface area contributed by atoms with Gasteiger partial charge < -0.3 is 30.3 Å². The van der Waals surface area contributed by atoms with E-state index in [2.05, 4.69) is 10.6 Å². The fourth-order valence-corrected chi connectivity index (χ4v) is 3.72. The number of unbranched alkanes of at least 4 members (excludes halogenated alkanes) is 5. The normalized spacial score (nSPS) is 10.3. The van der Waals surface area contributed by atoms with Crippen LogP contribution in [0, 0.1) is 0 Å². The van der Waals surface area contributed by atoms with Crippen molar-refractivity contribution in [1.29, 1.82) is 0 Å². The predicted octanol–water partition coefficient (Wildman–Crippen LogP) is 4.63. The Labute approximate surface area is 230 Å². The van der Waals surface area contributed by atoms with E-state index in [9.17, 15) is 39.0 Å². The van der Waals surface area contributed by atoms with Crippen LogP contribution >= 0.6 is 0 Å². The van der Waals surface area contributed by atoms with E-state index in [0.29, 0.717) is 24.2 Å². The highest BCUT2D eigenvalue weighted by atomic mass is 16.5. The number of esters is 2. The van der Waals surface area contributed by atoms with Crippen LogP contribution in [0.15, 0.2) is 36.4 Å². The van der Waals surface area contributed by atoms with Gasteiger partial charge in [-0.25, -0.2) is 9.59 Å². The molecule has 12 nitrogen and oxygen atoms in total. The van der Waals surface area contributed by atoms with E-state index in [1.165, 1.54) is 50.2 Å². The van der Waals surface area contributed by atoms with Gasteiger partial charge in [-0.2, -0.15) is 0 Å². The first-order valence-electron chi connectivity index (χ1n) is 12.7. The maximum absolute atomic E-state index is 12.2. The summed E-state index contributed by atoms with van der Waals surface area (Å²) in [5, 5.41) is 23.6. The number of carbonyl (C=O) groups excluding carboxylic acids is 4. The molecule has 12 heteroatoms. The molecule has 0 atom stereocenters. The number of nitrogens with one attached hydrogen (secondary N) is 2. The topological polar surface area (TPSA) is 185 Å². The van der Waals surface area contributed by atoms with Crippen LogP contribution in [0.25, 0.3) is 0 Å². The molecule has 0 saturated carbocycles. The Balaban J connectivity index is 1.70. The number of ether oxygens (including phenoxy) is 2. The lowest BCUT2D eigenvalue weighted by molar-refractivity contribution is -0.135. The molecule has 0 radical (unpaired) electrons. The summed E-state index contributed by atoms with van der Waals surface area (Å²) in [6, 6.07) is 7.88. The lowest BCUT2D eigenvalue weighted by Crippen LogP contribution is -2.12. The Morgan fingerprint density at radius 1 is 0.600 bits per heavy atom. The average Bonchev–Trinajstić information content (AvgIpc) is 2.84. The molecule has 40 heavy (non-hydrogen) atoms. The Morgan fingerprint density at radius 2 is 0.950 bits per heavy atom. The largest absolute Gasteiger partial charge is 0.478 e. The highest BCUT2D eigenvalue weighted by Gasteiger charge is 2.17. The quantitative estimate of drug-likeness (QED) is 0.137. The minimum Gasteiger partial charge on any atom is -0.478 e. The molecule has 2 aromatic carbocycles. The smallest absolute Gasteiger partial charge is 0.339 e. The van der Waals surface area contributed by atoms with Crippen LogP contribution in [0.2, 0.25) is 0 Å². The highest BCUT2D eigenvalue weighted by Crippen LogP contribution is 2.26. The summed E-state index contributed by atoms with van der Waals surface area (Å²) in [7, 11) is 0. The van der Waals surface area contributed by atoms with Crippen molar-refractivity contribution in [2.75, 3.05) is 10.6 Å². The summed E-state index contributed by atoms with van der Waals surface area (Å²) in [4.78, 5) is 69.7. The number of hydrogen-bond donors (Lipinski definition) is 4. The van der Waals surface area contributed by atoms with Crippen LogP contribution in [0.1, 0.15) is 85.9 Å². The SMILES string of the molecule is CC(=O)Nc1ccc(C(=O)O)c(OC(=O)CCCCCCCCC(=O)Oc2cc(NC(C)=O)ccc2C(=O)O)c1. The molecule has 0 aliphatic carbocycles. The third-order valence-electron chi connectivity index (χ3n) is 5.52. The van der Waals surface area contributed by atoms with Gasteiger partial charge in [0, 0.05) is 50.2 Å². The fraction of sp³-hybridized carbons (Fsp3) is 0.357. The Kier molecular flexibility index (Phi) is 12.3. The van der Waals surface area contributed by atoms with Crippen LogP contribution in [0.5, 0.6) is 11.5 Å². The van der Waals surface area contributed by atoms with E-state index < -0.39 is 23.9 Å². The lowest BCUT2D eigenvalue weighted by atomic mass is 10.1. The number of hydrogen-bond acceptors (Lipinski definition) is 8. The van der Waals surface area contributed by atoms with Gasteiger partial charge in [-0.1, -0.05) is 25.7 Å². The van der Waals surface area contributed by atoms with Gasteiger partial charge in [0.2, 0.25) is 11.8 Å². The molecule has 2 rings (SSSR count). The van der Waals surface area contributed by atoms with Crippen LogP contribution in [0.3, 0.4) is 0 Å². The highest BCUT2D eigenvalue weighted by molar-refractivity contribution is 5.95. The number of amides is 2. The zero-order valence-electron chi connectivity index (χ0n) is 22.3. The van der Waals surface area contributed by atoms with Gasteiger partial charge in [0.05, 0.1) is 0 Å². The van der Waals surface area contributed by atoms with Crippen LogP contribution in [-0.4, -0.2) is 45.9 Å². The number of anilines is 2. The molecule has 4 N–H and O–H groups in total. The lowest BCUT2D eigenvalue weighted by Gasteiger charge is -2.10. The Morgan fingerprint density at radius 3 is 1.27 bits per heavy atom. The Hall–Kier alpha value is -4.74. The van der Waals surface area contributed by atoms with Crippen molar-refractivity contribution in [3.8, 4) is 11.5 Å². The molecule has 0 unspecified atom stereocenters. The molecule has 0 saturated heterocycles. The van der Waals surface area contributed by atoms with Gasteiger partial charge >= 0.3 is 23.9 Å². The molecule has 0 bridgehead atoms. The molecule has 0 heterocycles. The number of carboxylic acids is 2. The fourth-order valence-electron chi connectivity index (χ4n) is 3.72. The first kappa shape index (κ1) is 31.5. The summed E-state index contributed by atoms with van der Waals surface area (Å²) < 4.78 is 10.4. The number of carbonyl (C=O) groups is 6. The summed E-state index contributed by atoms with van der Waals surface area (Å²) in [5.74, 6) is -4.69. The van der Waals surface area contributed by atoms with E-state index in [0.717, 1.165) is 25.7 Å². The number of carboxylic acid groups (broad SMARTS) is 2. The van der Waals surface area contributed by atoms with Crippen molar-refractivity contribution < 1.29 is 48.5 Å². The van der Waals surface area contributed by atoms with Crippen molar-refractivity contribution in [3.63, 3.8) is 0 Å².